The van der Waals surface area contributed by atoms with Crippen molar-refractivity contribution in [1.29, 1.82) is 0 Å². The second-order valence-corrected chi connectivity index (χ2v) is 4.73. The number of pyridine rings is 1. The number of halogens is 1. The molecule has 1 N–H and O–H groups in total. The third-order valence-electron chi connectivity index (χ3n) is 2.68. The van der Waals surface area contributed by atoms with E-state index in [1.165, 1.54) is 0 Å². The molecule has 1 aromatic carbocycles. The van der Waals surface area contributed by atoms with E-state index in [-0.39, 0.29) is 0 Å². The SMILES string of the molecule is S=c1[nH]nc(-c2cccnc2)n1-c1ccc(Cl)cc1. The molecule has 0 aliphatic carbocycles. The summed E-state index contributed by atoms with van der Waals surface area (Å²) in [4.78, 5) is 4.10. The van der Waals surface area contributed by atoms with E-state index in [1.54, 1.807) is 12.4 Å². The zero-order valence-electron chi connectivity index (χ0n) is 9.75. The smallest absolute Gasteiger partial charge is 0.200 e. The van der Waals surface area contributed by atoms with Gasteiger partial charge in [-0.15, -0.1) is 0 Å². The zero-order chi connectivity index (χ0) is 13.2. The summed E-state index contributed by atoms with van der Waals surface area (Å²) in [6.07, 6.45) is 3.47. The van der Waals surface area contributed by atoms with E-state index in [0.717, 1.165) is 17.1 Å². The van der Waals surface area contributed by atoms with Gasteiger partial charge in [0.1, 0.15) is 0 Å². The normalized spacial score (nSPS) is 10.6. The number of aromatic nitrogens is 4. The highest BCUT2D eigenvalue weighted by atomic mass is 35.5. The number of hydrogen-bond donors (Lipinski definition) is 1. The Morgan fingerprint density at radius 1 is 1.16 bits per heavy atom. The number of rotatable bonds is 2. The average molecular weight is 289 g/mol. The Balaban J connectivity index is 2.19. The van der Waals surface area contributed by atoms with Gasteiger partial charge in [0.15, 0.2) is 10.6 Å². The van der Waals surface area contributed by atoms with Gasteiger partial charge in [-0.05, 0) is 48.6 Å². The molecule has 3 rings (SSSR count). The van der Waals surface area contributed by atoms with Gasteiger partial charge in [-0.25, -0.2) is 0 Å². The Morgan fingerprint density at radius 3 is 2.63 bits per heavy atom. The number of benzene rings is 1. The molecular formula is C13H9ClN4S. The topological polar surface area (TPSA) is 46.5 Å². The molecule has 0 amide bonds. The van der Waals surface area contributed by atoms with Crippen LogP contribution in [0.3, 0.4) is 0 Å². The number of nitrogens with one attached hydrogen (secondary N) is 1. The van der Waals surface area contributed by atoms with Crippen LogP contribution in [0.15, 0.2) is 48.8 Å². The van der Waals surface area contributed by atoms with Crippen LogP contribution < -0.4 is 0 Å². The van der Waals surface area contributed by atoms with E-state index in [1.807, 2.05) is 41.0 Å². The highest BCUT2D eigenvalue weighted by Crippen LogP contribution is 2.21. The molecule has 0 atom stereocenters. The van der Waals surface area contributed by atoms with Crippen molar-refractivity contribution in [3.05, 3.63) is 58.6 Å². The largest absolute Gasteiger partial charge is 0.268 e. The molecule has 0 spiro atoms. The van der Waals surface area contributed by atoms with Gasteiger partial charge in [0.05, 0.1) is 5.69 Å². The van der Waals surface area contributed by atoms with Crippen molar-refractivity contribution in [1.82, 2.24) is 19.7 Å². The number of aromatic amines is 1. The lowest BCUT2D eigenvalue weighted by Crippen LogP contribution is -1.97. The third-order valence-corrected chi connectivity index (χ3v) is 3.20. The second kappa shape index (κ2) is 4.95. The minimum absolute atomic E-state index is 0.529. The molecule has 0 aliphatic heterocycles. The Kier molecular flexibility index (Phi) is 3.15. The molecule has 0 aliphatic rings. The van der Waals surface area contributed by atoms with Crippen LogP contribution in [0.25, 0.3) is 17.1 Å². The molecule has 19 heavy (non-hydrogen) atoms. The number of nitrogens with zero attached hydrogens (tertiary/aromatic N) is 3. The molecule has 2 heterocycles. The van der Waals surface area contributed by atoms with E-state index < -0.39 is 0 Å². The van der Waals surface area contributed by atoms with Crippen LogP contribution in [-0.4, -0.2) is 19.7 Å². The molecule has 0 saturated heterocycles. The molecule has 0 unspecified atom stereocenters. The van der Waals surface area contributed by atoms with E-state index >= 15 is 0 Å². The molecule has 0 radical (unpaired) electrons. The van der Waals surface area contributed by atoms with Crippen molar-refractivity contribution in [2.24, 2.45) is 0 Å². The summed E-state index contributed by atoms with van der Waals surface area (Å²) < 4.78 is 2.38. The lowest BCUT2D eigenvalue weighted by atomic mass is 10.2. The van der Waals surface area contributed by atoms with Crippen molar-refractivity contribution in [3.8, 4) is 17.1 Å². The van der Waals surface area contributed by atoms with Gasteiger partial charge in [-0.3, -0.25) is 14.6 Å². The van der Waals surface area contributed by atoms with Gasteiger partial charge >= 0.3 is 0 Å². The van der Waals surface area contributed by atoms with Crippen molar-refractivity contribution in [2.75, 3.05) is 0 Å². The predicted octanol–water partition coefficient (Wildman–Crippen LogP) is 3.65. The van der Waals surface area contributed by atoms with Crippen molar-refractivity contribution < 1.29 is 0 Å². The molecule has 6 heteroatoms. The van der Waals surface area contributed by atoms with E-state index in [0.29, 0.717) is 9.79 Å². The highest BCUT2D eigenvalue weighted by molar-refractivity contribution is 7.71. The molecule has 94 valence electrons. The van der Waals surface area contributed by atoms with Gasteiger partial charge in [-0.1, -0.05) is 11.6 Å². The molecule has 4 nitrogen and oxygen atoms in total. The molecule has 0 saturated carbocycles. The Morgan fingerprint density at radius 2 is 1.95 bits per heavy atom. The molecule has 0 fully saturated rings. The van der Waals surface area contributed by atoms with Crippen LogP contribution in [0, 0.1) is 4.77 Å². The molecular weight excluding hydrogens is 280 g/mol. The summed E-state index contributed by atoms with van der Waals surface area (Å²) in [6, 6.07) is 11.2. The second-order valence-electron chi connectivity index (χ2n) is 3.91. The van der Waals surface area contributed by atoms with Crippen molar-refractivity contribution in [2.45, 2.75) is 0 Å². The van der Waals surface area contributed by atoms with E-state index in [9.17, 15) is 0 Å². The van der Waals surface area contributed by atoms with Crippen LogP contribution in [0.2, 0.25) is 5.02 Å². The van der Waals surface area contributed by atoms with Crippen LogP contribution in [-0.2, 0) is 0 Å². The number of hydrogen-bond acceptors (Lipinski definition) is 3. The van der Waals surface area contributed by atoms with Crippen LogP contribution >= 0.6 is 23.8 Å². The minimum atomic E-state index is 0.529. The van der Waals surface area contributed by atoms with Gasteiger partial charge < -0.3 is 0 Å². The van der Waals surface area contributed by atoms with Gasteiger partial charge in [0.2, 0.25) is 0 Å². The van der Waals surface area contributed by atoms with E-state index in [4.69, 9.17) is 23.8 Å². The molecule has 2 aromatic heterocycles. The summed E-state index contributed by atoms with van der Waals surface area (Å²) in [5.74, 6) is 0.723. The van der Waals surface area contributed by atoms with Crippen LogP contribution in [0.5, 0.6) is 0 Å². The van der Waals surface area contributed by atoms with Gasteiger partial charge in [-0.2, -0.15) is 5.10 Å². The van der Waals surface area contributed by atoms with E-state index in [2.05, 4.69) is 15.2 Å². The summed E-state index contributed by atoms with van der Waals surface area (Å²) in [7, 11) is 0. The van der Waals surface area contributed by atoms with Gasteiger partial charge in [0, 0.05) is 23.0 Å². The summed E-state index contributed by atoms with van der Waals surface area (Å²) in [6.45, 7) is 0. The average Bonchev–Trinajstić information content (AvgIpc) is 2.83. The standard InChI is InChI=1S/C13H9ClN4S/c14-10-3-5-11(6-4-10)18-12(16-17-13(18)19)9-2-1-7-15-8-9/h1-8H,(H,17,19). The maximum absolute atomic E-state index is 5.90. The van der Waals surface area contributed by atoms with Crippen molar-refractivity contribution >= 4 is 23.8 Å². The van der Waals surface area contributed by atoms with Crippen LogP contribution in [0.1, 0.15) is 0 Å². The summed E-state index contributed by atoms with van der Waals surface area (Å²) in [5, 5.41) is 7.74. The first-order valence-corrected chi connectivity index (χ1v) is 6.38. The molecule has 0 bridgehead atoms. The first-order valence-electron chi connectivity index (χ1n) is 5.59. The lowest BCUT2D eigenvalue weighted by molar-refractivity contribution is 1.03. The maximum atomic E-state index is 5.90. The number of H-pyrrole nitrogens is 1. The fourth-order valence-electron chi connectivity index (χ4n) is 1.82. The quantitative estimate of drug-likeness (QED) is 0.732. The van der Waals surface area contributed by atoms with Gasteiger partial charge in [0.25, 0.3) is 0 Å². The monoisotopic (exact) mass is 288 g/mol. The first-order chi connectivity index (χ1) is 9.25. The first kappa shape index (κ1) is 12.1. The fraction of sp³-hybridized carbons (Fsp3) is 0. The highest BCUT2D eigenvalue weighted by Gasteiger charge is 2.10. The predicted molar refractivity (Wildman–Crippen MR) is 77.0 cm³/mol. The molecule has 3 aromatic rings. The maximum Gasteiger partial charge on any atom is 0.200 e. The Bertz CT molecular complexity index is 746. The lowest BCUT2D eigenvalue weighted by Gasteiger charge is -2.06. The Hall–Kier alpha value is -1.98. The fourth-order valence-corrected chi connectivity index (χ4v) is 2.18. The zero-order valence-corrected chi connectivity index (χ0v) is 11.3. The summed E-state index contributed by atoms with van der Waals surface area (Å²) >= 11 is 11.2. The van der Waals surface area contributed by atoms with Crippen LogP contribution in [0.4, 0.5) is 0 Å². The summed E-state index contributed by atoms with van der Waals surface area (Å²) in [5.41, 5.74) is 1.80. The minimum Gasteiger partial charge on any atom is -0.268 e. The Labute approximate surface area is 119 Å². The van der Waals surface area contributed by atoms with Crippen molar-refractivity contribution in [3.63, 3.8) is 0 Å². The third kappa shape index (κ3) is 2.30.